The van der Waals surface area contributed by atoms with Crippen LogP contribution in [-0.4, -0.2) is 49.8 Å². The van der Waals surface area contributed by atoms with Crippen LogP contribution >= 0.6 is 0 Å². The number of hydrogen-bond donors (Lipinski definition) is 1. The quantitative estimate of drug-likeness (QED) is 0.688. The maximum absolute atomic E-state index is 5.74. The molecule has 1 aliphatic heterocycles. The lowest BCUT2D eigenvalue weighted by Crippen LogP contribution is -2.55. The highest BCUT2D eigenvalue weighted by Gasteiger charge is 2.24. The van der Waals surface area contributed by atoms with Crippen LogP contribution in [0.2, 0.25) is 0 Å². The Hall–Kier alpha value is -0.120. The van der Waals surface area contributed by atoms with Crippen LogP contribution in [0.3, 0.4) is 0 Å². The van der Waals surface area contributed by atoms with Gasteiger partial charge in [0.25, 0.3) is 0 Å². The van der Waals surface area contributed by atoms with Crippen LogP contribution in [0.4, 0.5) is 0 Å². The minimum Gasteiger partial charge on any atom is -0.380 e. The predicted octanol–water partition coefficient (Wildman–Crippen LogP) is 1.88. The first kappa shape index (κ1) is 13.3. The van der Waals surface area contributed by atoms with Crippen LogP contribution in [0.25, 0.3) is 0 Å². The third-order valence-corrected chi connectivity index (χ3v) is 3.99. The van der Waals surface area contributed by atoms with E-state index in [2.05, 4.69) is 24.1 Å². The third-order valence-electron chi connectivity index (χ3n) is 3.99. The molecule has 1 saturated heterocycles. The molecular weight excluding hydrogens is 212 g/mol. The van der Waals surface area contributed by atoms with E-state index in [1.54, 1.807) is 0 Å². The maximum atomic E-state index is 5.74. The van der Waals surface area contributed by atoms with Gasteiger partial charge in [0, 0.05) is 38.3 Å². The molecule has 2 fully saturated rings. The Morgan fingerprint density at radius 3 is 2.88 bits per heavy atom. The van der Waals surface area contributed by atoms with Crippen molar-refractivity contribution >= 4 is 0 Å². The number of rotatable bonds is 7. The number of hydrogen-bond acceptors (Lipinski definition) is 3. The van der Waals surface area contributed by atoms with Gasteiger partial charge in [-0.05, 0) is 32.1 Å². The molecule has 1 N–H and O–H groups in total. The van der Waals surface area contributed by atoms with Crippen LogP contribution in [-0.2, 0) is 4.74 Å². The standard InChI is InChI=1S/C14H28N2O/c1-3-4-14-10-16(12(2)9-15-14)7-8-17-11-13-5-6-13/h12-15H,3-11H2,1-2H3. The van der Waals surface area contributed by atoms with E-state index in [1.807, 2.05) is 0 Å². The van der Waals surface area contributed by atoms with Crippen molar-refractivity contribution in [3.05, 3.63) is 0 Å². The summed E-state index contributed by atoms with van der Waals surface area (Å²) in [5.74, 6) is 0.892. The van der Waals surface area contributed by atoms with E-state index in [0.29, 0.717) is 12.1 Å². The molecule has 1 heterocycles. The Balaban J connectivity index is 1.61. The molecular formula is C14H28N2O. The van der Waals surface area contributed by atoms with Crippen molar-refractivity contribution in [3.63, 3.8) is 0 Å². The van der Waals surface area contributed by atoms with Crippen LogP contribution < -0.4 is 5.32 Å². The second-order valence-electron chi connectivity index (χ2n) is 5.76. The molecule has 2 aliphatic rings. The molecule has 3 heteroatoms. The lowest BCUT2D eigenvalue weighted by molar-refractivity contribution is 0.0648. The molecule has 2 unspecified atom stereocenters. The van der Waals surface area contributed by atoms with Crippen LogP contribution in [0, 0.1) is 5.92 Å². The summed E-state index contributed by atoms with van der Waals surface area (Å²) in [6, 6.07) is 1.35. The summed E-state index contributed by atoms with van der Waals surface area (Å²) in [4.78, 5) is 2.59. The highest BCUT2D eigenvalue weighted by atomic mass is 16.5. The van der Waals surface area contributed by atoms with Crippen molar-refractivity contribution in [1.29, 1.82) is 0 Å². The zero-order chi connectivity index (χ0) is 12.1. The first-order valence-corrected chi connectivity index (χ1v) is 7.34. The van der Waals surface area contributed by atoms with E-state index in [0.717, 1.165) is 32.2 Å². The second-order valence-corrected chi connectivity index (χ2v) is 5.76. The van der Waals surface area contributed by atoms with Gasteiger partial charge in [-0.25, -0.2) is 0 Å². The Morgan fingerprint density at radius 2 is 2.18 bits per heavy atom. The summed E-state index contributed by atoms with van der Waals surface area (Å²) in [5, 5.41) is 3.64. The molecule has 0 aromatic heterocycles. The number of piperazine rings is 1. The highest BCUT2D eigenvalue weighted by molar-refractivity contribution is 4.83. The number of nitrogens with zero attached hydrogens (tertiary/aromatic N) is 1. The smallest absolute Gasteiger partial charge is 0.0593 e. The summed E-state index contributed by atoms with van der Waals surface area (Å²) in [6.07, 6.45) is 5.36. The van der Waals surface area contributed by atoms with Crippen molar-refractivity contribution in [2.24, 2.45) is 5.92 Å². The van der Waals surface area contributed by atoms with Crippen molar-refractivity contribution in [1.82, 2.24) is 10.2 Å². The second kappa shape index (κ2) is 6.72. The van der Waals surface area contributed by atoms with Gasteiger partial charge in [0.05, 0.1) is 6.61 Å². The van der Waals surface area contributed by atoms with Gasteiger partial charge in [-0.2, -0.15) is 0 Å². The number of nitrogens with one attached hydrogen (secondary N) is 1. The first-order chi connectivity index (χ1) is 8.29. The Bertz CT molecular complexity index is 218. The molecule has 0 radical (unpaired) electrons. The molecule has 0 aromatic rings. The average molecular weight is 240 g/mol. The molecule has 2 rings (SSSR count). The Kier molecular flexibility index (Phi) is 5.26. The SMILES string of the molecule is CCCC1CN(CCOCC2CC2)C(C)CN1. The molecule has 0 spiro atoms. The zero-order valence-electron chi connectivity index (χ0n) is 11.5. The van der Waals surface area contributed by atoms with Gasteiger partial charge < -0.3 is 10.1 Å². The van der Waals surface area contributed by atoms with Crippen molar-refractivity contribution in [3.8, 4) is 0 Å². The fraction of sp³-hybridized carbons (Fsp3) is 1.00. The van der Waals surface area contributed by atoms with Gasteiger partial charge in [-0.3, -0.25) is 4.90 Å². The van der Waals surface area contributed by atoms with Gasteiger partial charge in [0.15, 0.2) is 0 Å². The van der Waals surface area contributed by atoms with Gasteiger partial charge in [-0.15, -0.1) is 0 Å². The molecule has 3 nitrogen and oxygen atoms in total. The fourth-order valence-electron chi connectivity index (χ4n) is 2.56. The lowest BCUT2D eigenvalue weighted by Gasteiger charge is -2.38. The van der Waals surface area contributed by atoms with Gasteiger partial charge in [-0.1, -0.05) is 13.3 Å². The summed E-state index contributed by atoms with van der Waals surface area (Å²) >= 11 is 0. The molecule has 100 valence electrons. The van der Waals surface area contributed by atoms with E-state index in [1.165, 1.54) is 32.2 Å². The predicted molar refractivity (Wildman–Crippen MR) is 71.3 cm³/mol. The normalized spacial score (nSPS) is 30.7. The molecule has 0 bridgehead atoms. The van der Waals surface area contributed by atoms with Gasteiger partial charge >= 0.3 is 0 Å². The Labute approximate surface area is 106 Å². The summed E-state index contributed by atoms with van der Waals surface area (Å²) in [7, 11) is 0. The fourth-order valence-corrected chi connectivity index (χ4v) is 2.56. The largest absolute Gasteiger partial charge is 0.380 e. The van der Waals surface area contributed by atoms with E-state index < -0.39 is 0 Å². The topological polar surface area (TPSA) is 24.5 Å². The molecule has 1 saturated carbocycles. The van der Waals surface area contributed by atoms with E-state index >= 15 is 0 Å². The van der Waals surface area contributed by atoms with E-state index in [-0.39, 0.29) is 0 Å². The van der Waals surface area contributed by atoms with Crippen LogP contribution in [0.15, 0.2) is 0 Å². The third kappa shape index (κ3) is 4.57. The molecule has 0 aromatic carbocycles. The van der Waals surface area contributed by atoms with E-state index in [9.17, 15) is 0 Å². The molecule has 1 aliphatic carbocycles. The summed E-state index contributed by atoms with van der Waals surface area (Å²) in [5.41, 5.74) is 0. The minimum absolute atomic E-state index is 0.660. The number of ether oxygens (including phenoxy) is 1. The van der Waals surface area contributed by atoms with Crippen LogP contribution in [0.1, 0.15) is 39.5 Å². The molecule has 2 atom stereocenters. The highest BCUT2D eigenvalue weighted by Crippen LogP contribution is 2.28. The van der Waals surface area contributed by atoms with Gasteiger partial charge in [0.2, 0.25) is 0 Å². The van der Waals surface area contributed by atoms with Crippen molar-refractivity contribution < 1.29 is 4.74 Å². The van der Waals surface area contributed by atoms with Crippen molar-refractivity contribution in [2.45, 2.75) is 51.6 Å². The molecule has 17 heavy (non-hydrogen) atoms. The maximum Gasteiger partial charge on any atom is 0.0593 e. The van der Waals surface area contributed by atoms with Crippen LogP contribution in [0.5, 0.6) is 0 Å². The average Bonchev–Trinajstić information content (AvgIpc) is 3.13. The summed E-state index contributed by atoms with van der Waals surface area (Å²) < 4.78 is 5.74. The minimum atomic E-state index is 0.660. The summed E-state index contributed by atoms with van der Waals surface area (Å²) in [6.45, 7) is 9.93. The van der Waals surface area contributed by atoms with Gasteiger partial charge in [0.1, 0.15) is 0 Å². The lowest BCUT2D eigenvalue weighted by atomic mass is 10.1. The first-order valence-electron chi connectivity index (χ1n) is 7.34. The monoisotopic (exact) mass is 240 g/mol. The Morgan fingerprint density at radius 1 is 1.35 bits per heavy atom. The van der Waals surface area contributed by atoms with E-state index in [4.69, 9.17) is 4.74 Å². The zero-order valence-corrected chi connectivity index (χ0v) is 11.5. The molecule has 0 amide bonds. The van der Waals surface area contributed by atoms with Crippen molar-refractivity contribution in [2.75, 3.05) is 32.8 Å².